The molecule has 0 radical (unpaired) electrons. The van der Waals surface area contributed by atoms with Crippen LogP contribution in [-0.2, 0) is 24.6 Å². The van der Waals surface area contributed by atoms with E-state index < -0.39 is 23.1 Å². The Morgan fingerprint density at radius 3 is 2.30 bits per heavy atom. The maximum Gasteiger partial charge on any atom is 0.416 e. The van der Waals surface area contributed by atoms with E-state index in [1.165, 1.54) is 18.6 Å². The van der Waals surface area contributed by atoms with Crippen molar-refractivity contribution in [1.82, 2.24) is 14.9 Å². The topological polar surface area (TPSA) is 91.3 Å². The van der Waals surface area contributed by atoms with E-state index >= 15 is 0 Å². The highest BCUT2D eigenvalue weighted by Crippen LogP contribution is 2.48. The third-order valence-corrected chi connectivity index (χ3v) is 9.65. The van der Waals surface area contributed by atoms with Crippen LogP contribution < -0.4 is 20.9 Å². The number of fused-ring (bicyclic) bond motifs is 2. The first kappa shape index (κ1) is 33.0. The van der Waals surface area contributed by atoms with Crippen molar-refractivity contribution in [2.24, 2.45) is 24.3 Å². The van der Waals surface area contributed by atoms with Crippen LogP contribution in [0.3, 0.4) is 0 Å². The molecule has 2 fully saturated rings. The molecule has 13 heteroatoms. The Kier molecular flexibility index (Phi) is 8.37. The van der Waals surface area contributed by atoms with E-state index in [0.717, 1.165) is 42.0 Å². The molecular weight excluding hydrogens is 652 g/mol. The lowest BCUT2D eigenvalue weighted by atomic mass is 9.95. The maximum atomic E-state index is 13.8. The molecule has 1 aromatic heterocycles. The first-order valence-electron chi connectivity index (χ1n) is 15.3. The minimum Gasteiger partial charge on any atom is -0.370 e. The fraction of sp³-hybridized carbons (Fsp3) is 0.382. The Bertz CT molecular complexity index is 1890. The number of hydrogen-bond acceptors (Lipinski definition) is 5. The number of benzene rings is 3. The van der Waals surface area contributed by atoms with Crippen molar-refractivity contribution in [1.29, 1.82) is 0 Å². The van der Waals surface area contributed by atoms with Crippen LogP contribution in [0, 0.1) is 24.2 Å². The number of alkyl halides is 3. The smallest absolute Gasteiger partial charge is 0.370 e. The summed E-state index contributed by atoms with van der Waals surface area (Å²) in [6.45, 7) is 9.28. The molecule has 2 atom stereocenters. The number of aryl methyl sites for hydroxylation is 2. The van der Waals surface area contributed by atoms with Crippen molar-refractivity contribution >= 4 is 69.1 Å². The van der Waals surface area contributed by atoms with E-state index in [1.807, 2.05) is 39.3 Å². The molecule has 1 aliphatic carbocycles. The zero-order chi connectivity index (χ0) is 34.0. The Morgan fingerprint density at radius 1 is 1.02 bits per heavy atom. The van der Waals surface area contributed by atoms with Crippen LogP contribution in [0.25, 0.3) is 11.0 Å². The van der Waals surface area contributed by atoms with Gasteiger partial charge in [-0.3, -0.25) is 9.59 Å². The minimum absolute atomic E-state index is 0.117. The van der Waals surface area contributed by atoms with Gasteiger partial charge in [0.2, 0.25) is 11.9 Å². The van der Waals surface area contributed by atoms with Gasteiger partial charge >= 0.3 is 6.18 Å². The summed E-state index contributed by atoms with van der Waals surface area (Å²) in [5.41, 5.74) is 3.34. The van der Waals surface area contributed by atoms with Gasteiger partial charge < -0.3 is 25.4 Å². The van der Waals surface area contributed by atoms with Crippen molar-refractivity contribution in [3.05, 3.63) is 74.8 Å². The van der Waals surface area contributed by atoms with Crippen LogP contribution >= 0.6 is 23.2 Å². The first-order chi connectivity index (χ1) is 22.0. The fourth-order valence-corrected chi connectivity index (χ4v) is 6.73. The van der Waals surface area contributed by atoms with Crippen molar-refractivity contribution in [3.8, 4) is 0 Å². The zero-order valence-corrected chi connectivity index (χ0v) is 28.1. The quantitative estimate of drug-likeness (QED) is 0.182. The SMILES string of the molecule is Cc1c(N2CC3C[C@H]3C2)c(C(=O)Nc2ccc(C(F)(F)F)cc2)cc2nc(Nc3c(Cl)ccc(CNC(=O)C(C)(C)C)c3Cl)n(C)c12. The van der Waals surface area contributed by atoms with Crippen molar-refractivity contribution in [3.63, 3.8) is 0 Å². The number of carbonyl (C=O) groups excluding carboxylic acids is 2. The number of imidazole rings is 1. The molecule has 2 heterocycles. The summed E-state index contributed by atoms with van der Waals surface area (Å²) < 4.78 is 41.2. The monoisotopic (exact) mass is 686 g/mol. The molecule has 47 heavy (non-hydrogen) atoms. The molecule has 1 aliphatic heterocycles. The average molecular weight is 688 g/mol. The molecule has 8 nitrogen and oxygen atoms in total. The third kappa shape index (κ3) is 6.47. The van der Waals surface area contributed by atoms with Gasteiger partial charge in [-0.05, 0) is 72.7 Å². The van der Waals surface area contributed by atoms with E-state index in [2.05, 4.69) is 20.9 Å². The summed E-state index contributed by atoms with van der Waals surface area (Å²) in [5, 5.41) is 9.64. The van der Waals surface area contributed by atoms with Gasteiger partial charge in [-0.25, -0.2) is 4.98 Å². The van der Waals surface area contributed by atoms with Crippen LogP contribution in [0.1, 0.15) is 54.2 Å². The standard InChI is InChI=1S/C34H35Cl2F3N6O2/c1-17-28(45-15-19-12-20(19)16-45)23(30(46)41-22-9-7-21(8-10-22)34(37,38)39)13-25-29(17)44(5)32(42-25)43-27-24(35)11-6-18(26(27)36)14-40-31(47)33(2,3)4/h6-11,13,19-20H,12,14-16H2,1-5H3,(H,40,47)(H,41,46)(H,42,43)/t19-,20?/m0/s1. The van der Waals surface area contributed by atoms with Crippen LogP contribution in [-0.4, -0.2) is 34.5 Å². The van der Waals surface area contributed by atoms with Crippen LogP contribution in [0.15, 0.2) is 42.5 Å². The number of halogens is 5. The number of amides is 2. The second kappa shape index (κ2) is 11.9. The predicted octanol–water partition coefficient (Wildman–Crippen LogP) is 8.32. The zero-order valence-electron chi connectivity index (χ0n) is 26.6. The van der Waals surface area contributed by atoms with Crippen LogP contribution in [0.4, 0.5) is 36.2 Å². The number of hydrogen-bond donors (Lipinski definition) is 3. The molecular formula is C34H35Cl2F3N6O2. The maximum absolute atomic E-state index is 13.8. The normalized spacial score (nSPS) is 17.5. The van der Waals surface area contributed by atoms with Gasteiger partial charge in [0.15, 0.2) is 0 Å². The molecule has 0 bridgehead atoms. The summed E-state index contributed by atoms with van der Waals surface area (Å²) in [7, 11) is 1.85. The Labute approximate surface area is 280 Å². The van der Waals surface area contributed by atoms with E-state index in [-0.39, 0.29) is 18.1 Å². The lowest BCUT2D eigenvalue weighted by molar-refractivity contribution is -0.137. The summed E-state index contributed by atoms with van der Waals surface area (Å²) in [6, 6.07) is 9.55. The van der Waals surface area contributed by atoms with E-state index in [4.69, 9.17) is 28.2 Å². The van der Waals surface area contributed by atoms with Crippen LogP contribution in [0.2, 0.25) is 10.0 Å². The lowest BCUT2D eigenvalue weighted by Gasteiger charge is -2.26. The van der Waals surface area contributed by atoms with Crippen molar-refractivity contribution in [2.75, 3.05) is 28.6 Å². The lowest BCUT2D eigenvalue weighted by Crippen LogP contribution is -2.34. The molecule has 3 N–H and O–H groups in total. The second-order valence-corrected chi connectivity index (χ2v) is 14.2. The minimum atomic E-state index is -4.48. The number of anilines is 4. The molecule has 3 aromatic carbocycles. The molecule has 2 aliphatic rings. The number of nitrogens with zero attached hydrogens (tertiary/aromatic N) is 3. The van der Waals surface area contributed by atoms with Gasteiger partial charge in [0, 0.05) is 37.8 Å². The molecule has 4 aromatic rings. The average Bonchev–Trinajstić information content (AvgIpc) is 3.46. The fourth-order valence-electron chi connectivity index (χ4n) is 6.20. The Hall–Kier alpha value is -3.96. The Morgan fingerprint density at radius 2 is 1.68 bits per heavy atom. The number of nitrogens with one attached hydrogen (secondary N) is 3. The van der Waals surface area contributed by atoms with E-state index in [9.17, 15) is 22.8 Å². The number of piperidine rings is 1. The highest BCUT2D eigenvalue weighted by atomic mass is 35.5. The van der Waals surface area contributed by atoms with Gasteiger partial charge in [0.05, 0.1) is 43.6 Å². The van der Waals surface area contributed by atoms with Gasteiger partial charge in [-0.1, -0.05) is 50.0 Å². The van der Waals surface area contributed by atoms with Gasteiger partial charge in [0.1, 0.15) is 0 Å². The molecule has 6 rings (SSSR count). The van der Waals surface area contributed by atoms with E-state index in [1.54, 1.807) is 18.2 Å². The molecule has 0 spiro atoms. The Balaban J connectivity index is 1.35. The molecule has 1 unspecified atom stereocenters. The highest BCUT2D eigenvalue weighted by Gasteiger charge is 2.46. The summed E-state index contributed by atoms with van der Waals surface area (Å²) >= 11 is 13.4. The van der Waals surface area contributed by atoms with E-state index in [0.29, 0.717) is 50.2 Å². The number of carbonyl (C=O) groups is 2. The van der Waals surface area contributed by atoms with Gasteiger partial charge in [-0.15, -0.1) is 0 Å². The van der Waals surface area contributed by atoms with Crippen molar-refractivity contribution in [2.45, 2.75) is 46.8 Å². The first-order valence-corrected chi connectivity index (χ1v) is 16.0. The summed E-state index contributed by atoms with van der Waals surface area (Å²) in [4.78, 5) is 33.3. The molecule has 2 amide bonds. The highest BCUT2D eigenvalue weighted by molar-refractivity contribution is 6.39. The number of aromatic nitrogens is 2. The molecule has 248 valence electrons. The van der Waals surface area contributed by atoms with Gasteiger partial charge in [-0.2, -0.15) is 13.2 Å². The predicted molar refractivity (Wildman–Crippen MR) is 180 cm³/mol. The summed E-state index contributed by atoms with van der Waals surface area (Å²) in [5.74, 6) is 1.04. The molecule has 1 saturated carbocycles. The summed E-state index contributed by atoms with van der Waals surface area (Å²) in [6.07, 6.45) is -3.30. The molecule has 1 saturated heterocycles. The number of rotatable bonds is 7. The second-order valence-electron chi connectivity index (χ2n) is 13.4. The largest absolute Gasteiger partial charge is 0.416 e. The van der Waals surface area contributed by atoms with Crippen LogP contribution in [0.5, 0.6) is 0 Å². The van der Waals surface area contributed by atoms with Crippen molar-refractivity contribution < 1.29 is 22.8 Å². The third-order valence-electron chi connectivity index (χ3n) is 8.91. The van der Waals surface area contributed by atoms with Gasteiger partial charge in [0.25, 0.3) is 5.91 Å².